The van der Waals surface area contributed by atoms with Gasteiger partial charge in [0.25, 0.3) is 0 Å². The Morgan fingerprint density at radius 2 is 1.56 bits per heavy atom. The molecule has 80 valence electrons. The van der Waals surface area contributed by atoms with Gasteiger partial charge in [-0.25, -0.2) is 8.42 Å². The van der Waals surface area contributed by atoms with Crippen molar-refractivity contribution in [2.75, 3.05) is 0 Å². The summed E-state index contributed by atoms with van der Waals surface area (Å²) in [7, 11) is -3.30. The molecule has 0 unspecified atom stereocenters. The normalized spacial score (nSPS) is 15.6. The molecule has 0 saturated carbocycles. The second kappa shape index (κ2) is 3.18. The molecule has 0 aliphatic carbocycles. The third-order valence-electron chi connectivity index (χ3n) is 2.70. The molecule has 0 spiro atoms. The molecule has 0 amide bonds. The van der Waals surface area contributed by atoms with Crippen molar-refractivity contribution >= 4 is 25.8 Å². The fourth-order valence-corrected chi connectivity index (χ4v) is 4.02. The van der Waals surface area contributed by atoms with Crippen LogP contribution in [0.15, 0.2) is 56.7 Å². The molecular weight excluding hydrogens is 288 g/mol. The lowest BCUT2D eigenvalue weighted by Gasteiger charge is -1.98. The first-order valence-corrected chi connectivity index (χ1v) is 7.02. The van der Waals surface area contributed by atoms with Crippen molar-refractivity contribution in [3.63, 3.8) is 0 Å². The minimum atomic E-state index is -3.30. The maximum atomic E-state index is 12.2. The largest absolute Gasteiger partial charge is 0.218 e. The summed E-state index contributed by atoms with van der Waals surface area (Å²) in [6, 6.07) is 12.3. The topological polar surface area (TPSA) is 34.1 Å². The van der Waals surface area contributed by atoms with E-state index >= 15 is 0 Å². The van der Waals surface area contributed by atoms with Crippen molar-refractivity contribution in [1.82, 2.24) is 0 Å². The van der Waals surface area contributed by atoms with Gasteiger partial charge in [0.1, 0.15) is 0 Å². The molecule has 0 bridgehead atoms. The smallest absolute Gasteiger partial charge is 0.207 e. The van der Waals surface area contributed by atoms with Gasteiger partial charge in [0.2, 0.25) is 9.84 Å². The van der Waals surface area contributed by atoms with Crippen LogP contribution >= 0.6 is 15.9 Å². The van der Waals surface area contributed by atoms with Gasteiger partial charge in [-0.15, -0.1) is 0 Å². The number of fused-ring (bicyclic) bond motifs is 3. The number of benzene rings is 2. The second-order valence-electron chi connectivity index (χ2n) is 3.64. The van der Waals surface area contributed by atoms with E-state index < -0.39 is 9.84 Å². The summed E-state index contributed by atoms with van der Waals surface area (Å²) in [6.07, 6.45) is 0. The molecule has 2 aromatic rings. The first kappa shape index (κ1) is 10.1. The zero-order valence-electron chi connectivity index (χ0n) is 8.14. The molecule has 0 radical (unpaired) electrons. The van der Waals surface area contributed by atoms with E-state index in [4.69, 9.17) is 0 Å². The Balaban J connectivity index is 2.50. The van der Waals surface area contributed by atoms with E-state index in [0.717, 1.165) is 15.6 Å². The van der Waals surface area contributed by atoms with Gasteiger partial charge in [-0.1, -0.05) is 34.1 Å². The minimum absolute atomic E-state index is 0.400. The molecule has 1 aliphatic rings. The molecule has 1 heterocycles. The summed E-state index contributed by atoms with van der Waals surface area (Å²) in [5, 5.41) is 0. The molecule has 16 heavy (non-hydrogen) atoms. The highest BCUT2D eigenvalue weighted by Gasteiger charge is 2.32. The average Bonchev–Trinajstić information content (AvgIpc) is 2.49. The van der Waals surface area contributed by atoms with Crippen LogP contribution in [-0.2, 0) is 9.84 Å². The number of hydrogen-bond donors (Lipinski definition) is 0. The molecule has 3 rings (SSSR count). The number of sulfone groups is 1. The summed E-state index contributed by atoms with van der Waals surface area (Å²) in [5.41, 5.74) is 1.57. The van der Waals surface area contributed by atoms with Gasteiger partial charge >= 0.3 is 0 Å². The zero-order chi connectivity index (χ0) is 11.3. The molecule has 0 atom stereocenters. The summed E-state index contributed by atoms with van der Waals surface area (Å²) in [5.74, 6) is 0. The predicted molar refractivity (Wildman–Crippen MR) is 65.0 cm³/mol. The van der Waals surface area contributed by atoms with Gasteiger partial charge in [-0.2, -0.15) is 0 Å². The summed E-state index contributed by atoms with van der Waals surface area (Å²) >= 11 is 3.36. The molecule has 2 nitrogen and oxygen atoms in total. The summed E-state index contributed by atoms with van der Waals surface area (Å²) < 4.78 is 25.2. The van der Waals surface area contributed by atoms with Crippen LogP contribution in [-0.4, -0.2) is 8.42 Å². The first-order chi connectivity index (χ1) is 7.60. The van der Waals surface area contributed by atoms with E-state index in [1.165, 1.54) is 0 Å². The van der Waals surface area contributed by atoms with Gasteiger partial charge in [0.15, 0.2) is 0 Å². The van der Waals surface area contributed by atoms with Crippen molar-refractivity contribution in [1.29, 1.82) is 0 Å². The van der Waals surface area contributed by atoms with E-state index in [9.17, 15) is 8.42 Å². The van der Waals surface area contributed by atoms with E-state index in [2.05, 4.69) is 15.9 Å². The fourth-order valence-electron chi connectivity index (χ4n) is 1.99. The molecular formula is C12H7BrO2S. The van der Waals surface area contributed by atoms with Crippen molar-refractivity contribution < 1.29 is 8.42 Å². The summed E-state index contributed by atoms with van der Waals surface area (Å²) in [4.78, 5) is 0.806. The maximum Gasteiger partial charge on any atom is 0.207 e. The third-order valence-corrected chi connectivity index (χ3v) is 5.06. The lowest BCUT2D eigenvalue weighted by molar-refractivity contribution is 0.598. The SMILES string of the molecule is O=S1(=O)c2ccccc2-c2cc(Br)ccc21. The highest BCUT2D eigenvalue weighted by Crippen LogP contribution is 2.43. The lowest BCUT2D eigenvalue weighted by atomic mass is 10.1. The van der Waals surface area contributed by atoms with Crippen LogP contribution in [0.1, 0.15) is 0 Å². The maximum absolute atomic E-state index is 12.2. The Labute approximate surface area is 102 Å². The van der Waals surface area contributed by atoms with Gasteiger partial charge in [0, 0.05) is 15.6 Å². The quantitative estimate of drug-likeness (QED) is 0.638. The molecule has 1 aliphatic heterocycles. The number of rotatable bonds is 0. The van der Waals surface area contributed by atoms with Crippen molar-refractivity contribution in [3.05, 3.63) is 46.9 Å². The van der Waals surface area contributed by atoms with E-state index in [0.29, 0.717) is 9.79 Å². The highest BCUT2D eigenvalue weighted by atomic mass is 79.9. The Morgan fingerprint density at radius 3 is 2.38 bits per heavy atom. The predicted octanol–water partition coefficient (Wildman–Crippen LogP) is 3.26. The van der Waals surface area contributed by atoms with Crippen LogP contribution in [0, 0.1) is 0 Å². The van der Waals surface area contributed by atoms with Crippen LogP contribution in [0.5, 0.6) is 0 Å². The van der Waals surface area contributed by atoms with Crippen molar-refractivity contribution in [3.8, 4) is 11.1 Å². The average molecular weight is 295 g/mol. The van der Waals surface area contributed by atoms with Crippen molar-refractivity contribution in [2.45, 2.75) is 9.79 Å². The van der Waals surface area contributed by atoms with Crippen molar-refractivity contribution in [2.24, 2.45) is 0 Å². The Bertz CT molecular complexity index is 690. The molecule has 2 aromatic carbocycles. The van der Waals surface area contributed by atoms with Crippen LogP contribution in [0.2, 0.25) is 0 Å². The van der Waals surface area contributed by atoms with Crippen LogP contribution in [0.4, 0.5) is 0 Å². The summed E-state index contributed by atoms with van der Waals surface area (Å²) in [6.45, 7) is 0. The van der Waals surface area contributed by atoms with E-state index in [-0.39, 0.29) is 0 Å². The Hall–Kier alpha value is -1.13. The van der Waals surface area contributed by atoms with Crippen LogP contribution in [0.3, 0.4) is 0 Å². The monoisotopic (exact) mass is 294 g/mol. The van der Waals surface area contributed by atoms with Gasteiger partial charge in [0.05, 0.1) is 9.79 Å². The van der Waals surface area contributed by atoms with Crippen LogP contribution in [0.25, 0.3) is 11.1 Å². The standard InChI is InChI=1S/C12H7BrO2S/c13-8-5-6-12-10(7-8)9-3-1-2-4-11(9)16(12,14)15/h1-7H. The number of hydrogen-bond acceptors (Lipinski definition) is 2. The zero-order valence-corrected chi connectivity index (χ0v) is 10.5. The molecule has 0 fully saturated rings. The molecule has 0 N–H and O–H groups in total. The lowest BCUT2D eigenvalue weighted by Crippen LogP contribution is -1.95. The first-order valence-electron chi connectivity index (χ1n) is 4.75. The molecule has 0 aromatic heterocycles. The van der Waals surface area contributed by atoms with Crippen LogP contribution < -0.4 is 0 Å². The third kappa shape index (κ3) is 1.20. The molecule has 4 heteroatoms. The minimum Gasteiger partial charge on any atom is -0.218 e. The van der Waals surface area contributed by atoms with E-state index in [1.54, 1.807) is 24.3 Å². The molecule has 0 saturated heterocycles. The highest BCUT2D eigenvalue weighted by molar-refractivity contribution is 9.10. The fraction of sp³-hybridized carbons (Fsp3) is 0. The second-order valence-corrected chi connectivity index (χ2v) is 6.44. The number of halogens is 1. The van der Waals surface area contributed by atoms with Gasteiger partial charge < -0.3 is 0 Å². The van der Waals surface area contributed by atoms with Gasteiger partial charge in [-0.3, -0.25) is 0 Å². The van der Waals surface area contributed by atoms with E-state index in [1.807, 2.05) is 18.2 Å². The Kier molecular flexibility index (Phi) is 2.00. The Morgan fingerprint density at radius 1 is 0.875 bits per heavy atom. The van der Waals surface area contributed by atoms with Gasteiger partial charge in [-0.05, 0) is 24.3 Å².